The third-order valence-electron chi connectivity index (χ3n) is 3.16. The lowest BCUT2D eigenvalue weighted by Gasteiger charge is -1.87. The van der Waals surface area contributed by atoms with E-state index in [1.807, 2.05) is 0 Å². The van der Waals surface area contributed by atoms with E-state index in [1.165, 1.54) is 0 Å². The van der Waals surface area contributed by atoms with Gasteiger partial charge in [0, 0.05) is 0 Å². The van der Waals surface area contributed by atoms with Crippen LogP contribution in [0.3, 0.4) is 0 Å². The zero-order valence-corrected chi connectivity index (χ0v) is 7.41. The van der Waals surface area contributed by atoms with Crippen LogP contribution < -0.4 is 0 Å². The molecule has 1 saturated carbocycles. The molecule has 15 heavy (non-hydrogen) atoms. The van der Waals surface area contributed by atoms with Crippen LogP contribution in [0, 0.1) is 0 Å². The molecule has 0 unspecified atom stereocenters. The predicted molar refractivity (Wildman–Crippen MR) is 41.0 cm³/mol. The van der Waals surface area contributed by atoms with Gasteiger partial charge in [-0.15, -0.1) is 0 Å². The fourth-order valence-corrected chi connectivity index (χ4v) is 2.12. The second-order valence-electron chi connectivity index (χ2n) is 4.14. The Kier molecular flexibility index (Phi) is 1.18. The van der Waals surface area contributed by atoms with Crippen LogP contribution in [0.15, 0.2) is 0 Å². The van der Waals surface area contributed by atoms with E-state index < -0.39 is 36.6 Å². The molecule has 0 aromatic carbocycles. The van der Waals surface area contributed by atoms with Crippen LogP contribution in [-0.4, -0.2) is 54.0 Å². The van der Waals surface area contributed by atoms with E-state index >= 15 is 0 Å². The maximum Gasteiger partial charge on any atom is 0.196 e. The summed E-state index contributed by atoms with van der Waals surface area (Å²) in [6.07, 6.45) is -4.23. The Balaban J connectivity index is 1.70. The Morgan fingerprint density at radius 3 is 0.933 bits per heavy atom. The van der Waals surface area contributed by atoms with Crippen molar-refractivity contribution in [3.8, 4) is 0 Å². The van der Waals surface area contributed by atoms with E-state index in [2.05, 4.69) is 0 Å². The number of ketones is 3. The Bertz CT molecular complexity index is 323. The molecule has 0 aromatic rings. The zero-order valence-electron chi connectivity index (χ0n) is 7.41. The van der Waals surface area contributed by atoms with E-state index in [9.17, 15) is 14.4 Å². The predicted octanol–water partition coefficient (Wildman–Crippen LogP) is -1.99. The molecular formula is C9H6O6. The van der Waals surface area contributed by atoms with Crippen LogP contribution in [0.1, 0.15) is 0 Å². The molecule has 6 nitrogen and oxygen atoms in total. The monoisotopic (exact) mass is 210 g/mol. The summed E-state index contributed by atoms with van der Waals surface area (Å²) in [5.74, 6) is -0.853. The molecule has 3 heterocycles. The van der Waals surface area contributed by atoms with Crippen molar-refractivity contribution in [2.45, 2.75) is 36.6 Å². The zero-order chi connectivity index (χ0) is 10.3. The van der Waals surface area contributed by atoms with Gasteiger partial charge in [-0.3, -0.25) is 14.4 Å². The number of rotatable bonds is 0. The molecule has 78 valence electrons. The molecule has 1 aliphatic carbocycles. The van der Waals surface area contributed by atoms with Gasteiger partial charge in [0.25, 0.3) is 0 Å². The summed E-state index contributed by atoms with van der Waals surface area (Å²) in [6.45, 7) is 0. The normalized spacial score (nSPS) is 55.6. The molecule has 0 radical (unpaired) electrons. The van der Waals surface area contributed by atoms with Crippen LogP contribution in [0.25, 0.3) is 0 Å². The average molecular weight is 210 g/mol. The minimum atomic E-state index is -0.705. The van der Waals surface area contributed by atoms with Crippen LogP contribution in [0.4, 0.5) is 0 Å². The molecule has 4 rings (SSSR count). The van der Waals surface area contributed by atoms with E-state index in [4.69, 9.17) is 14.2 Å². The molecule has 0 amide bonds. The first-order chi connectivity index (χ1) is 7.18. The van der Waals surface area contributed by atoms with Gasteiger partial charge in [0.1, 0.15) is 0 Å². The first kappa shape index (κ1) is 8.09. The third kappa shape index (κ3) is 0.914. The second-order valence-corrected chi connectivity index (χ2v) is 4.14. The number of hydrogen-bond donors (Lipinski definition) is 0. The van der Waals surface area contributed by atoms with E-state index in [1.54, 1.807) is 0 Å². The van der Waals surface area contributed by atoms with Gasteiger partial charge in [-0.1, -0.05) is 0 Å². The number of Topliss-reactive ketones (excluding diaryl/α,β-unsaturated/α-hetero) is 3. The van der Waals surface area contributed by atoms with E-state index in [0.29, 0.717) is 0 Å². The molecule has 3 aliphatic heterocycles. The molecule has 4 fully saturated rings. The minimum absolute atomic E-state index is 0.284. The number of ether oxygens (including phenoxy) is 3. The van der Waals surface area contributed by atoms with Gasteiger partial charge in [0.15, 0.2) is 54.0 Å². The Morgan fingerprint density at radius 2 is 0.733 bits per heavy atom. The second kappa shape index (κ2) is 2.18. The topological polar surface area (TPSA) is 88.8 Å². The molecule has 4 aliphatic rings. The Labute approximate surface area is 83.5 Å². The highest BCUT2D eigenvalue weighted by atomic mass is 16.6. The lowest BCUT2D eigenvalue weighted by atomic mass is 10.1. The molecule has 0 N–H and O–H groups in total. The lowest BCUT2D eigenvalue weighted by Crippen LogP contribution is -2.23. The van der Waals surface area contributed by atoms with Crippen LogP contribution in [0.2, 0.25) is 0 Å². The fourth-order valence-electron chi connectivity index (χ4n) is 2.12. The van der Waals surface area contributed by atoms with Gasteiger partial charge in [0.05, 0.1) is 0 Å². The highest BCUT2D eigenvalue weighted by Crippen LogP contribution is 2.42. The van der Waals surface area contributed by atoms with Gasteiger partial charge in [-0.05, 0) is 0 Å². The van der Waals surface area contributed by atoms with Crippen molar-refractivity contribution in [2.24, 2.45) is 0 Å². The largest absolute Gasteiger partial charge is 0.353 e. The van der Waals surface area contributed by atoms with E-state index in [-0.39, 0.29) is 17.3 Å². The SMILES string of the molecule is O=C1[C@H]2O[C@H]2C(=O)[C@H]2O[C@H]2C(=O)[C@H]2O[C@@H]12. The van der Waals surface area contributed by atoms with Crippen LogP contribution in [0.5, 0.6) is 0 Å². The van der Waals surface area contributed by atoms with Crippen LogP contribution in [-0.2, 0) is 28.6 Å². The number of fused-ring (bicyclic) bond motifs is 3. The first-order valence-electron chi connectivity index (χ1n) is 4.76. The Morgan fingerprint density at radius 1 is 0.533 bits per heavy atom. The van der Waals surface area contributed by atoms with Crippen LogP contribution >= 0.6 is 0 Å². The number of carbonyl (C=O) groups is 3. The summed E-state index contributed by atoms with van der Waals surface area (Å²) in [7, 11) is 0. The highest BCUT2D eigenvalue weighted by molar-refractivity contribution is 6.11. The summed E-state index contributed by atoms with van der Waals surface area (Å²) in [5.41, 5.74) is 0. The summed E-state index contributed by atoms with van der Waals surface area (Å²) in [6, 6.07) is 0. The molecule has 6 atom stereocenters. The van der Waals surface area contributed by atoms with Gasteiger partial charge in [-0.25, -0.2) is 0 Å². The first-order valence-corrected chi connectivity index (χ1v) is 4.76. The smallest absolute Gasteiger partial charge is 0.196 e. The van der Waals surface area contributed by atoms with Gasteiger partial charge >= 0.3 is 0 Å². The quantitative estimate of drug-likeness (QED) is 0.430. The molecule has 6 heteroatoms. The van der Waals surface area contributed by atoms with Crippen molar-refractivity contribution in [1.82, 2.24) is 0 Å². The molecule has 0 aromatic heterocycles. The standard InChI is InChI=1S/C9H6O6/c10-1-4-6(13-4)2(11)8-9(15-8)3(12)7-5(1)14-7/h4-9H/t4-,5+,6+,7-,8-,9+. The summed E-state index contributed by atoms with van der Waals surface area (Å²) < 4.78 is 14.9. The van der Waals surface area contributed by atoms with Crippen molar-refractivity contribution in [1.29, 1.82) is 0 Å². The molecule has 0 spiro atoms. The summed E-state index contributed by atoms with van der Waals surface area (Å²) in [5, 5.41) is 0. The van der Waals surface area contributed by atoms with Gasteiger partial charge in [0.2, 0.25) is 0 Å². The molecular weight excluding hydrogens is 204 g/mol. The van der Waals surface area contributed by atoms with Gasteiger partial charge in [-0.2, -0.15) is 0 Å². The third-order valence-corrected chi connectivity index (χ3v) is 3.16. The number of carbonyl (C=O) groups excluding carboxylic acids is 3. The lowest BCUT2D eigenvalue weighted by molar-refractivity contribution is -0.123. The van der Waals surface area contributed by atoms with Gasteiger partial charge < -0.3 is 14.2 Å². The van der Waals surface area contributed by atoms with Crippen molar-refractivity contribution in [3.05, 3.63) is 0 Å². The molecule has 0 bridgehead atoms. The average Bonchev–Trinajstić information content (AvgIpc) is 3.15. The minimum Gasteiger partial charge on any atom is -0.353 e. The number of epoxide rings is 3. The highest BCUT2D eigenvalue weighted by Gasteiger charge is 2.69. The van der Waals surface area contributed by atoms with Crippen molar-refractivity contribution in [2.75, 3.05) is 0 Å². The summed E-state index contributed by atoms with van der Waals surface area (Å²) in [4.78, 5) is 34.7. The number of hydrogen-bond acceptors (Lipinski definition) is 6. The summed E-state index contributed by atoms with van der Waals surface area (Å²) >= 11 is 0. The Hall–Kier alpha value is -1.11. The van der Waals surface area contributed by atoms with Crippen molar-refractivity contribution in [3.63, 3.8) is 0 Å². The van der Waals surface area contributed by atoms with Crippen molar-refractivity contribution < 1.29 is 28.6 Å². The maximum absolute atomic E-state index is 11.6. The maximum atomic E-state index is 11.6. The fraction of sp³-hybridized carbons (Fsp3) is 0.667. The van der Waals surface area contributed by atoms with Crippen molar-refractivity contribution >= 4 is 17.3 Å². The van der Waals surface area contributed by atoms with E-state index in [0.717, 1.165) is 0 Å². The molecule has 3 saturated heterocycles.